The van der Waals surface area contributed by atoms with Crippen LogP contribution in [0.3, 0.4) is 0 Å². The van der Waals surface area contributed by atoms with E-state index in [0.29, 0.717) is 12.0 Å². The van der Waals surface area contributed by atoms with Crippen LogP contribution < -0.4 is 5.32 Å². The number of nitrogens with zero attached hydrogens (tertiary/aromatic N) is 2. The molecule has 1 aliphatic heterocycles. The minimum absolute atomic E-state index is 0.237. The summed E-state index contributed by atoms with van der Waals surface area (Å²) in [7, 11) is 0. The van der Waals surface area contributed by atoms with Gasteiger partial charge in [-0.2, -0.15) is 5.10 Å². The minimum atomic E-state index is 0.237. The van der Waals surface area contributed by atoms with E-state index in [1.54, 1.807) is 0 Å². The van der Waals surface area contributed by atoms with E-state index >= 15 is 0 Å². The van der Waals surface area contributed by atoms with Crippen molar-refractivity contribution in [2.45, 2.75) is 44.7 Å². The number of carbonyl (C=O) groups is 1. The topological polar surface area (TPSA) is 46.9 Å². The number of fused-ring (bicyclic) bond motifs is 1. The second-order valence-electron chi connectivity index (χ2n) is 4.95. The van der Waals surface area contributed by atoms with Crippen molar-refractivity contribution >= 4 is 5.91 Å². The van der Waals surface area contributed by atoms with Crippen LogP contribution in [0.2, 0.25) is 0 Å². The number of aryl methyl sites for hydroxylation is 1. The van der Waals surface area contributed by atoms with Gasteiger partial charge in [0.05, 0.1) is 0 Å². The Labute approximate surface area is 95.0 Å². The second kappa shape index (κ2) is 3.92. The van der Waals surface area contributed by atoms with Crippen molar-refractivity contribution in [3.05, 3.63) is 18.0 Å². The third-order valence-electron chi connectivity index (χ3n) is 3.49. The summed E-state index contributed by atoms with van der Waals surface area (Å²) in [4.78, 5) is 11.7. The van der Waals surface area contributed by atoms with Gasteiger partial charge in [-0.1, -0.05) is 0 Å². The Bertz CT molecular complexity index is 395. The Morgan fingerprint density at radius 2 is 2.38 bits per heavy atom. The average molecular weight is 219 g/mol. The summed E-state index contributed by atoms with van der Waals surface area (Å²) in [6.07, 6.45) is 6.98. The highest BCUT2D eigenvalue weighted by Crippen LogP contribution is 2.32. The van der Waals surface area contributed by atoms with Crippen LogP contribution in [0.15, 0.2) is 12.3 Å². The zero-order chi connectivity index (χ0) is 11.0. The molecular weight excluding hydrogens is 202 g/mol. The van der Waals surface area contributed by atoms with Crippen molar-refractivity contribution in [2.24, 2.45) is 5.92 Å². The first-order valence-corrected chi connectivity index (χ1v) is 6.11. The molecule has 4 heteroatoms. The molecule has 0 radical (unpaired) electrons. The smallest absolute Gasteiger partial charge is 0.220 e. The Hall–Kier alpha value is -1.32. The average Bonchev–Trinajstić information content (AvgIpc) is 2.95. The fourth-order valence-corrected chi connectivity index (χ4v) is 2.36. The van der Waals surface area contributed by atoms with E-state index in [-0.39, 0.29) is 5.91 Å². The van der Waals surface area contributed by atoms with Crippen molar-refractivity contribution in [3.8, 4) is 0 Å². The van der Waals surface area contributed by atoms with E-state index in [1.807, 2.05) is 16.9 Å². The van der Waals surface area contributed by atoms with Crippen LogP contribution in [0.4, 0.5) is 0 Å². The summed E-state index contributed by atoms with van der Waals surface area (Å²) in [6.45, 7) is 0.927. The van der Waals surface area contributed by atoms with Crippen molar-refractivity contribution < 1.29 is 4.79 Å². The first kappa shape index (κ1) is 9.87. The van der Waals surface area contributed by atoms with Crippen molar-refractivity contribution in [2.75, 3.05) is 0 Å². The molecule has 1 aromatic rings. The lowest BCUT2D eigenvalue weighted by molar-refractivity contribution is -0.122. The quantitative estimate of drug-likeness (QED) is 0.828. The molecule has 3 rings (SSSR count). The van der Waals surface area contributed by atoms with Gasteiger partial charge in [0.15, 0.2) is 0 Å². The number of hydrogen-bond acceptors (Lipinski definition) is 2. The largest absolute Gasteiger partial charge is 0.353 e. The zero-order valence-corrected chi connectivity index (χ0v) is 9.35. The fraction of sp³-hybridized carbons (Fsp3) is 0.667. The maximum atomic E-state index is 11.7. The van der Waals surface area contributed by atoms with Gasteiger partial charge in [-0.15, -0.1) is 0 Å². The van der Waals surface area contributed by atoms with Gasteiger partial charge in [0.1, 0.15) is 0 Å². The number of nitrogens with one attached hydrogen (secondary N) is 1. The number of hydrogen-bond donors (Lipinski definition) is 1. The Morgan fingerprint density at radius 3 is 3.19 bits per heavy atom. The Kier molecular flexibility index (Phi) is 2.42. The molecule has 16 heavy (non-hydrogen) atoms. The van der Waals surface area contributed by atoms with Crippen LogP contribution in [-0.4, -0.2) is 21.7 Å². The molecule has 86 valence electrons. The lowest BCUT2D eigenvalue weighted by Crippen LogP contribution is -2.40. The lowest BCUT2D eigenvalue weighted by Gasteiger charge is -2.24. The monoisotopic (exact) mass is 219 g/mol. The van der Waals surface area contributed by atoms with Crippen molar-refractivity contribution in [3.63, 3.8) is 0 Å². The first-order chi connectivity index (χ1) is 7.81. The van der Waals surface area contributed by atoms with Crippen LogP contribution in [0, 0.1) is 5.92 Å². The van der Waals surface area contributed by atoms with Crippen LogP contribution in [-0.2, 0) is 17.8 Å². The zero-order valence-electron chi connectivity index (χ0n) is 9.35. The Balaban J connectivity index is 1.55. The summed E-state index contributed by atoms with van der Waals surface area (Å²) in [6, 6.07) is 2.36. The first-order valence-electron chi connectivity index (χ1n) is 6.11. The van der Waals surface area contributed by atoms with E-state index in [2.05, 4.69) is 10.4 Å². The lowest BCUT2D eigenvalue weighted by atomic mass is 10.0. The summed E-state index contributed by atoms with van der Waals surface area (Å²) in [5, 5.41) is 7.37. The van der Waals surface area contributed by atoms with E-state index in [4.69, 9.17) is 0 Å². The molecule has 1 amide bonds. The second-order valence-corrected chi connectivity index (χ2v) is 4.95. The molecule has 4 nitrogen and oxygen atoms in total. The SMILES string of the molecule is O=C(CC1CC1)N[C@H]1CCn2nccc2C1. The van der Waals surface area contributed by atoms with Gasteiger partial charge < -0.3 is 5.32 Å². The molecule has 1 aliphatic carbocycles. The number of aromatic nitrogens is 2. The van der Waals surface area contributed by atoms with E-state index in [0.717, 1.165) is 25.8 Å². The highest BCUT2D eigenvalue weighted by Gasteiger charge is 2.26. The molecule has 0 saturated heterocycles. The van der Waals surface area contributed by atoms with Crippen LogP contribution in [0.1, 0.15) is 31.4 Å². The van der Waals surface area contributed by atoms with Gasteiger partial charge in [0.25, 0.3) is 0 Å². The van der Waals surface area contributed by atoms with Gasteiger partial charge >= 0.3 is 0 Å². The van der Waals surface area contributed by atoms with Crippen LogP contribution in [0.25, 0.3) is 0 Å². The summed E-state index contributed by atoms with van der Waals surface area (Å²) >= 11 is 0. The number of carbonyl (C=O) groups excluding carboxylic acids is 1. The normalized spacial score (nSPS) is 23.9. The minimum Gasteiger partial charge on any atom is -0.353 e. The van der Waals surface area contributed by atoms with Crippen LogP contribution >= 0.6 is 0 Å². The molecule has 1 saturated carbocycles. The highest BCUT2D eigenvalue weighted by atomic mass is 16.1. The van der Waals surface area contributed by atoms with Gasteiger partial charge in [0, 0.05) is 37.3 Å². The molecule has 2 heterocycles. The van der Waals surface area contributed by atoms with Gasteiger partial charge in [-0.3, -0.25) is 9.48 Å². The predicted molar refractivity (Wildman–Crippen MR) is 59.8 cm³/mol. The highest BCUT2D eigenvalue weighted by molar-refractivity contribution is 5.76. The van der Waals surface area contributed by atoms with Crippen molar-refractivity contribution in [1.82, 2.24) is 15.1 Å². The van der Waals surface area contributed by atoms with Gasteiger partial charge in [-0.25, -0.2) is 0 Å². The molecule has 0 bridgehead atoms. The van der Waals surface area contributed by atoms with Gasteiger partial charge in [0.2, 0.25) is 5.91 Å². The summed E-state index contributed by atoms with van der Waals surface area (Å²) in [5.74, 6) is 0.912. The fourth-order valence-electron chi connectivity index (χ4n) is 2.36. The third-order valence-corrected chi connectivity index (χ3v) is 3.49. The molecule has 0 aromatic carbocycles. The van der Waals surface area contributed by atoms with Crippen LogP contribution in [0.5, 0.6) is 0 Å². The maximum absolute atomic E-state index is 11.7. The summed E-state index contributed by atoms with van der Waals surface area (Å²) in [5.41, 5.74) is 1.24. The molecule has 1 aromatic heterocycles. The van der Waals surface area contributed by atoms with E-state index < -0.39 is 0 Å². The van der Waals surface area contributed by atoms with Gasteiger partial charge in [-0.05, 0) is 31.2 Å². The molecule has 1 atom stereocenters. The standard InChI is InChI=1S/C12H17N3O/c16-12(7-9-1-2-9)14-10-4-6-15-11(8-10)3-5-13-15/h3,5,9-10H,1-2,4,6-8H2,(H,14,16)/t10-/m0/s1. The molecule has 2 aliphatic rings. The maximum Gasteiger partial charge on any atom is 0.220 e. The van der Waals surface area contributed by atoms with E-state index in [1.165, 1.54) is 18.5 Å². The number of rotatable bonds is 3. The Morgan fingerprint density at radius 1 is 1.50 bits per heavy atom. The molecular formula is C12H17N3O. The molecule has 0 unspecified atom stereocenters. The number of amides is 1. The molecule has 1 N–H and O–H groups in total. The molecule has 1 fully saturated rings. The molecule has 0 spiro atoms. The van der Waals surface area contributed by atoms with Crippen molar-refractivity contribution in [1.29, 1.82) is 0 Å². The van der Waals surface area contributed by atoms with E-state index in [9.17, 15) is 4.79 Å². The predicted octanol–water partition coefficient (Wildman–Crippen LogP) is 1.11. The third kappa shape index (κ3) is 2.10. The summed E-state index contributed by atoms with van der Waals surface area (Å²) < 4.78 is 2.03.